The molecule has 0 fully saturated rings. The van der Waals surface area contributed by atoms with Gasteiger partial charge in [-0.25, -0.2) is 22.2 Å². The molecule has 0 saturated carbocycles. The Hall–Kier alpha value is -2.54. The second kappa shape index (κ2) is 6.40. The number of methoxy groups -OCH3 is 1. The first kappa shape index (κ1) is 17.3. The monoisotopic (exact) mass is 363 g/mol. The molecule has 25 heavy (non-hydrogen) atoms. The summed E-state index contributed by atoms with van der Waals surface area (Å²) in [7, 11) is -2.10. The zero-order chi connectivity index (χ0) is 18.2. The summed E-state index contributed by atoms with van der Waals surface area (Å²) >= 11 is 0. The molecule has 0 N–H and O–H groups in total. The summed E-state index contributed by atoms with van der Waals surface area (Å²) in [6, 6.07) is 9.91. The van der Waals surface area contributed by atoms with Crippen LogP contribution in [0.2, 0.25) is 0 Å². The van der Waals surface area contributed by atoms with Gasteiger partial charge in [0, 0.05) is 24.1 Å². The third-order valence-corrected chi connectivity index (χ3v) is 4.86. The minimum Gasteiger partial charge on any atom is -0.497 e. The highest BCUT2D eigenvalue weighted by Crippen LogP contribution is 2.26. The van der Waals surface area contributed by atoms with Crippen LogP contribution in [0.5, 0.6) is 5.75 Å². The van der Waals surface area contributed by atoms with Crippen LogP contribution in [0.1, 0.15) is 11.1 Å². The minimum absolute atomic E-state index is 0.0192. The number of benzene rings is 2. The number of pyridine rings is 1. The molecule has 0 amide bonds. The molecule has 130 valence electrons. The van der Waals surface area contributed by atoms with Crippen molar-refractivity contribution in [3.63, 3.8) is 0 Å². The van der Waals surface area contributed by atoms with E-state index < -0.39 is 21.5 Å². The van der Waals surface area contributed by atoms with Gasteiger partial charge in [0.15, 0.2) is 14.9 Å². The van der Waals surface area contributed by atoms with Crippen LogP contribution in [0.15, 0.2) is 47.5 Å². The maximum Gasteiger partial charge on any atom is 0.193 e. The number of sulfone groups is 1. The maximum atomic E-state index is 14.0. The molecule has 0 saturated heterocycles. The average Bonchev–Trinajstić information content (AvgIpc) is 2.55. The molecule has 0 aliphatic rings. The van der Waals surface area contributed by atoms with Crippen molar-refractivity contribution in [3.05, 3.63) is 65.2 Å². The lowest BCUT2D eigenvalue weighted by molar-refractivity contribution is 0.415. The lowest BCUT2D eigenvalue weighted by atomic mass is 10.0. The highest BCUT2D eigenvalue weighted by Gasteiger charge is 2.18. The van der Waals surface area contributed by atoms with Gasteiger partial charge in [-0.15, -0.1) is 0 Å². The van der Waals surface area contributed by atoms with Gasteiger partial charge in [-0.3, -0.25) is 0 Å². The van der Waals surface area contributed by atoms with Gasteiger partial charge >= 0.3 is 0 Å². The number of hydrogen-bond donors (Lipinski definition) is 0. The normalized spacial score (nSPS) is 11.7. The van der Waals surface area contributed by atoms with Crippen molar-refractivity contribution in [2.45, 2.75) is 11.4 Å². The van der Waals surface area contributed by atoms with Crippen LogP contribution < -0.4 is 4.74 Å². The average molecular weight is 363 g/mol. The minimum atomic E-state index is -3.62. The van der Waals surface area contributed by atoms with Gasteiger partial charge in [0.2, 0.25) is 0 Å². The lowest BCUT2D eigenvalue weighted by Crippen LogP contribution is -2.07. The van der Waals surface area contributed by atoms with Gasteiger partial charge in [0.1, 0.15) is 17.4 Å². The molecule has 0 spiro atoms. The van der Waals surface area contributed by atoms with E-state index >= 15 is 0 Å². The van der Waals surface area contributed by atoms with Crippen molar-refractivity contribution in [1.29, 1.82) is 0 Å². The number of fused-ring (bicyclic) bond motifs is 1. The summed E-state index contributed by atoms with van der Waals surface area (Å²) in [6.45, 7) is 0. The molecular weight excluding hydrogens is 348 g/mol. The molecule has 4 nitrogen and oxygen atoms in total. The maximum absolute atomic E-state index is 14.0. The standard InChI is InChI=1S/C18H15F2NO3S/c1-24-15-5-6-17-12(9-15)8-13(18(21-17)25(2,22)23)7-11-3-4-14(19)10-16(11)20/h3-6,8-10H,7H2,1-2H3. The molecule has 0 aliphatic carbocycles. The summed E-state index contributed by atoms with van der Waals surface area (Å²) < 4.78 is 56.4. The molecule has 1 aromatic heterocycles. The van der Waals surface area contributed by atoms with E-state index in [1.807, 2.05) is 0 Å². The zero-order valence-electron chi connectivity index (χ0n) is 13.6. The Labute approximate surface area is 144 Å². The summed E-state index contributed by atoms with van der Waals surface area (Å²) in [5.41, 5.74) is 1.02. The number of rotatable bonds is 4. The summed E-state index contributed by atoms with van der Waals surface area (Å²) in [4.78, 5) is 4.23. The van der Waals surface area contributed by atoms with Crippen LogP contribution in [0, 0.1) is 11.6 Å². The van der Waals surface area contributed by atoms with Crippen LogP contribution in [-0.4, -0.2) is 26.8 Å². The van der Waals surface area contributed by atoms with Crippen LogP contribution in [-0.2, 0) is 16.3 Å². The van der Waals surface area contributed by atoms with Gasteiger partial charge in [-0.05, 0) is 41.5 Å². The fraction of sp³-hybridized carbons (Fsp3) is 0.167. The molecule has 0 bridgehead atoms. The Kier molecular flexibility index (Phi) is 4.43. The van der Waals surface area contributed by atoms with E-state index in [1.54, 1.807) is 24.3 Å². The van der Waals surface area contributed by atoms with Crippen molar-refractivity contribution in [2.75, 3.05) is 13.4 Å². The fourth-order valence-corrected chi connectivity index (χ4v) is 3.50. The summed E-state index contributed by atoms with van der Waals surface area (Å²) in [5.74, 6) is -0.823. The Morgan fingerprint density at radius 3 is 2.44 bits per heavy atom. The van der Waals surface area contributed by atoms with Crippen LogP contribution in [0.3, 0.4) is 0 Å². The molecule has 3 aromatic rings. The molecule has 0 radical (unpaired) electrons. The topological polar surface area (TPSA) is 56.3 Å². The first-order valence-corrected chi connectivity index (χ1v) is 9.29. The number of nitrogens with zero attached hydrogens (tertiary/aromatic N) is 1. The van der Waals surface area contributed by atoms with Gasteiger partial charge in [-0.1, -0.05) is 6.07 Å². The molecular formula is C18H15F2NO3S. The van der Waals surface area contributed by atoms with E-state index in [2.05, 4.69) is 4.98 Å². The molecule has 1 heterocycles. The Morgan fingerprint density at radius 1 is 1.04 bits per heavy atom. The highest BCUT2D eigenvalue weighted by atomic mass is 32.2. The number of hydrogen-bond acceptors (Lipinski definition) is 4. The Bertz CT molecular complexity index is 1070. The van der Waals surface area contributed by atoms with Crippen molar-refractivity contribution in [3.8, 4) is 5.75 Å². The zero-order valence-corrected chi connectivity index (χ0v) is 14.4. The van der Waals surface area contributed by atoms with Crippen molar-refractivity contribution >= 4 is 20.7 Å². The van der Waals surface area contributed by atoms with Gasteiger partial charge < -0.3 is 4.74 Å². The fourth-order valence-electron chi connectivity index (χ4n) is 2.63. The number of halogens is 2. The van der Waals surface area contributed by atoms with E-state index in [0.717, 1.165) is 18.4 Å². The first-order valence-electron chi connectivity index (χ1n) is 7.39. The predicted molar refractivity (Wildman–Crippen MR) is 90.6 cm³/mol. The second-order valence-corrected chi connectivity index (χ2v) is 7.63. The van der Waals surface area contributed by atoms with E-state index in [4.69, 9.17) is 4.74 Å². The van der Waals surface area contributed by atoms with Gasteiger partial charge in [0.05, 0.1) is 12.6 Å². The lowest BCUT2D eigenvalue weighted by Gasteiger charge is -2.11. The number of ether oxygens (including phenoxy) is 1. The predicted octanol–water partition coefficient (Wildman–Crippen LogP) is 3.52. The summed E-state index contributed by atoms with van der Waals surface area (Å²) in [6.07, 6.45) is 1.03. The Balaban J connectivity index is 2.19. The third-order valence-electron chi connectivity index (χ3n) is 3.81. The van der Waals surface area contributed by atoms with Gasteiger partial charge in [0.25, 0.3) is 0 Å². The third kappa shape index (κ3) is 3.61. The number of aromatic nitrogens is 1. The molecule has 2 aromatic carbocycles. The Morgan fingerprint density at radius 2 is 1.80 bits per heavy atom. The second-order valence-electron chi connectivity index (χ2n) is 5.70. The van der Waals surface area contributed by atoms with E-state index in [-0.39, 0.29) is 17.0 Å². The smallest absolute Gasteiger partial charge is 0.193 e. The van der Waals surface area contributed by atoms with Crippen LogP contribution >= 0.6 is 0 Å². The summed E-state index contributed by atoms with van der Waals surface area (Å²) in [5, 5.41) is 0.554. The molecule has 0 atom stereocenters. The molecule has 3 rings (SSSR count). The van der Waals surface area contributed by atoms with Crippen LogP contribution in [0.25, 0.3) is 10.9 Å². The van der Waals surface area contributed by atoms with Crippen molar-refractivity contribution < 1.29 is 21.9 Å². The van der Waals surface area contributed by atoms with E-state index in [1.165, 1.54) is 13.2 Å². The SMILES string of the molecule is COc1ccc2nc(S(C)(=O)=O)c(Cc3ccc(F)cc3F)cc2c1. The molecule has 0 unspecified atom stereocenters. The van der Waals surface area contributed by atoms with E-state index in [9.17, 15) is 17.2 Å². The largest absolute Gasteiger partial charge is 0.497 e. The molecule has 7 heteroatoms. The first-order chi connectivity index (χ1) is 11.8. The van der Waals surface area contributed by atoms with Crippen LogP contribution in [0.4, 0.5) is 8.78 Å². The molecule has 0 aliphatic heterocycles. The van der Waals surface area contributed by atoms with Crippen molar-refractivity contribution in [1.82, 2.24) is 4.98 Å². The van der Waals surface area contributed by atoms with Gasteiger partial charge in [-0.2, -0.15) is 0 Å². The van der Waals surface area contributed by atoms with Crippen molar-refractivity contribution in [2.24, 2.45) is 0 Å². The van der Waals surface area contributed by atoms with E-state index in [0.29, 0.717) is 22.2 Å². The highest BCUT2D eigenvalue weighted by molar-refractivity contribution is 7.90. The quantitative estimate of drug-likeness (QED) is 0.712.